The third-order valence-electron chi connectivity index (χ3n) is 1.99. The fraction of sp³-hybridized carbons (Fsp3) is 0. The van der Waals surface area contributed by atoms with Crippen LogP contribution in [0.5, 0.6) is 0 Å². The Labute approximate surface area is 96.8 Å². The molecule has 0 atom stereocenters. The zero-order valence-corrected chi connectivity index (χ0v) is 8.66. The number of nitrogens with zero attached hydrogens (tertiary/aromatic N) is 3. The van der Waals surface area contributed by atoms with E-state index >= 15 is 0 Å². The van der Waals surface area contributed by atoms with Crippen molar-refractivity contribution < 1.29 is 9.73 Å². The minimum absolute atomic E-state index is 0.123. The highest BCUT2D eigenvalue weighted by Crippen LogP contribution is 2.14. The first kappa shape index (κ1) is 10.9. The van der Waals surface area contributed by atoms with E-state index < -0.39 is 0 Å². The van der Waals surface area contributed by atoms with Gasteiger partial charge in [-0.15, -0.1) is 0 Å². The van der Waals surface area contributed by atoms with Gasteiger partial charge in [0, 0.05) is 6.07 Å². The van der Waals surface area contributed by atoms with Crippen molar-refractivity contribution in [3.05, 3.63) is 47.9 Å². The highest BCUT2D eigenvalue weighted by molar-refractivity contribution is 5.96. The molecule has 6 nitrogen and oxygen atoms in total. The summed E-state index contributed by atoms with van der Waals surface area (Å²) in [6.07, 6.45) is 1.44. The monoisotopic (exact) mass is 228 g/mol. The quantitative estimate of drug-likeness (QED) is 0.462. The van der Waals surface area contributed by atoms with E-state index in [1.165, 1.54) is 6.20 Å². The van der Waals surface area contributed by atoms with Crippen LogP contribution in [-0.2, 0) is 0 Å². The maximum Gasteiger partial charge on any atom is 0.203 e. The van der Waals surface area contributed by atoms with E-state index in [-0.39, 0.29) is 5.84 Å². The van der Waals surface area contributed by atoms with E-state index in [9.17, 15) is 0 Å². The third-order valence-corrected chi connectivity index (χ3v) is 1.99. The molecule has 2 rings (SSSR count). The Kier molecular flexibility index (Phi) is 3.14. The highest BCUT2D eigenvalue weighted by Gasteiger charge is 2.06. The van der Waals surface area contributed by atoms with E-state index in [2.05, 4.69) is 10.1 Å². The second kappa shape index (κ2) is 4.92. The molecule has 1 aromatic carbocycles. The van der Waals surface area contributed by atoms with Crippen LogP contribution in [0.1, 0.15) is 11.3 Å². The Morgan fingerprint density at radius 2 is 2.35 bits per heavy atom. The highest BCUT2D eigenvalue weighted by atomic mass is 16.5. The smallest absolute Gasteiger partial charge is 0.203 e. The van der Waals surface area contributed by atoms with Gasteiger partial charge in [-0.3, -0.25) is 5.21 Å². The number of hydrogen-bond acceptors (Lipinski definition) is 5. The number of benzene rings is 1. The Balaban J connectivity index is 2.37. The van der Waals surface area contributed by atoms with E-state index in [0.29, 0.717) is 17.0 Å². The number of nitrogens with one attached hydrogen (secondary N) is 1. The van der Waals surface area contributed by atoms with Crippen LogP contribution in [-0.4, -0.2) is 16.2 Å². The van der Waals surface area contributed by atoms with Crippen molar-refractivity contribution in [2.45, 2.75) is 0 Å². The molecule has 17 heavy (non-hydrogen) atoms. The Morgan fingerprint density at radius 3 is 3.00 bits per heavy atom. The van der Waals surface area contributed by atoms with Gasteiger partial charge in [0.2, 0.25) is 5.76 Å². The minimum Gasteiger partial charge on any atom is -0.353 e. The molecule has 0 bridgehead atoms. The molecule has 0 unspecified atom stereocenters. The van der Waals surface area contributed by atoms with Crippen LogP contribution in [0.2, 0.25) is 0 Å². The maximum absolute atomic E-state index is 8.95. The van der Waals surface area contributed by atoms with Crippen molar-refractivity contribution in [1.29, 1.82) is 5.26 Å². The van der Waals surface area contributed by atoms with Gasteiger partial charge < -0.3 is 4.52 Å². The molecule has 6 heteroatoms. The zero-order valence-electron chi connectivity index (χ0n) is 8.66. The third kappa shape index (κ3) is 2.48. The summed E-state index contributed by atoms with van der Waals surface area (Å²) in [6.45, 7) is 0. The summed E-state index contributed by atoms with van der Waals surface area (Å²) in [7, 11) is 0. The molecule has 0 aliphatic rings. The second-order valence-electron chi connectivity index (χ2n) is 3.11. The molecule has 2 aromatic rings. The lowest BCUT2D eigenvalue weighted by Gasteiger charge is -2.00. The van der Waals surface area contributed by atoms with Crippen LogP contribution in [0, 0.1) is 11.3 Å². The topological polar surface area (TPSA) is 94.4 Å². The standard InChI is InChI=1S/C11H8N4O2/c12-7-8-2-1-3-9(6-8)14-11(15-16)10-4-5-13-17-10/h1-6,16H,(H,14,15). The van der Waals surface area contributed by atoms with Gasteiger partial charge in [0.1, 0.15) is 0 Å². The minimum atomic E-state index is 0.123. The molecule has 0 amide bonds. The summed E-state index contributed by atoms with van der Waals surface area (Å²) >= 11 is 0. The molecule has 0 aliphatic carbocycles. The van der Waals surface area contributed by atoms with Crippen molar-refractivity contribution in [3.8, 4) is 6.07 Å². The first-order valence-electron chi connectivity index (χ1n) is 4.73. The fourth-order valence-electron chi connectivity index (χ4n) is 1.25. The predicted octanol–water partition coefficient (Wildman–Crippen LogP) is 1.60. The van der Waals surface area contributed by atoms with Gasteiger partial charge in [0.05, 0.1) is 23.5 Å². The van der Waals surface area contributed by atoms with Crippen LogP contribution in [0.25, 0.3) is 0 Å². The summed E-state index contributed by atoms with van der Waals surface area (Å²) in [5, 5.41) is 21.2. The second-order valence-corrected chi connectivity index (χ2v) is 3.11. The van der Waals surface area contributed by atoms with E-state index in [4.69, 9.17) is 15.0 Å². The molecular formula is C11H8N4O2. The van der Waals surface area contributed by atoms with Gasteiger partial charge >= 0.3 is 0 Å². The molecule has 1 aromatic heterocycles. The zero-order chi connectivity index (χ0) is 12.1. The molecular weight excluding hydrogens is 220 g/mol. The fourth-order valence-corrected chi connectivity index (χ4v) is 1.25. The van der Waals surface area contributed by atoms with Gasteiger partial charge in [-0.1, -0.05) is 11.2 Å². The Morgan fingerprint density at radius 1 is 1.47 bits per heavy atom. The van der Waals surface area contributed by atoms with Crippen molar-refractivity contribution in [2.24, 2.45) is 4.99 Å². The molecule has 0 radical (unpaired) electrons. The molecule has 0 spiro atoms. The number of amidine groups is 1. The van der Waals surface area contributed by atoms with Crippen molar-refractivity contribution in [3.63, 3.8) is 0 Å². The van der Waals surface area contributed by atoms with Gasteiger partial charge in [0.25, 0.3) is 0 Å². The number of aliphatic imine (C=N–C) groups is 1. The first-order valence-corrected chi connectivity index (χ1v) is 4.73. The number of hydrogen-bond donors (Lipinski definition) is 2. The molecule has 0 saturated carbocycles. The van der Waals surface area contributed by atoms with Gasteiger partial charge in [-0.05, 0) is 18.2 Å². The van der Waals surface area contributed by atoms with Crippen molar-refractivity contribution in [2.75, 3.05) is 0 Å². The Hall–Kier alpha value is -2.65. The van der Waals surface area contributed by atoms with Crippen molar-refractivity contribution >= 4 is 11.5 Å². The summed E-state index contributed by atoms with van der Waals surface area (Å²) in [4.78, 5) is 4.10. The lowest BCUT2D eigenvalue weighted by molar-refractivity contribution is 0.231. The van der Waals surface area contributed by atoms with Gasteiger partial charge in [0.15, 0.2) is 5.84 Å². The SMILES string of the molecule is N#Cc1cccc(N=C(NO)c2ccno2)c1. The summed E-state index contributed by atoms with van der Waals surface area (Å²) < 4.78 is 4.85. The van der Waals surface area contributed by atoms with Crippen LogP contribution in [0.4, 0.5) is 5.69 Å². The predicted molar refractivity (Wildman–Crippen MR) is 58.8 cm³/mol. The largest absolute Gasteiger partial charge is 0.353 e. The summed E-state index contributed by atoms with van der Waals surface area (Å²) in [5.41, 5.74) is 2.94. The van der Waals surface area contributed by atoms with Gasteiger partial charge in [-0.25, -0.2) is 10.5 Å². The number of rotatable bonds is 2. The van der Waals surface area contributed by atoms with E-state index in [1.54, 1.807) is 30.3 Å². The van der Waals surface area contributed by atoms with Crippen LogP contribution < -0.4 is 5.48 Å². The summed E-state index contributed by atoms with van der Waals surface area (Å²) in [6, 6.07) is 10.2. The molecule has 0 saturated heterocycles. The lowest BCUT2D eigenvalue weighted by Crippen LogP contribution is -2.19. The Bertz CT molecular complexity index is 569. The molecule has 0 fully saturated rings. The van der Waals surface area contributed by atoms with E-state index in [1.807, 2.05) is 11.5 Å². The molecule has 84 valence electrons. The average Bonchev–Trinajstić information content (AvgIpc) is 2.90. The summed E-state index contributed by atoms with van der Waals surface area (Å²) in [5.74, 6) is 0.424. The van der Waals surface area contributed by atoms with Gasteiger partial charge in [-0.2, -0.15) is 5.26 Å². The van der Waals surface area contributed by atoms with Crippen LogP contribution in [0.3, 0.4) is 0 Å². The molecule has 1 heterocycles. The number of aromatic nitrogens is 1. The molecule has 2 N–H and O–H groups in total. The van der Waals surface area contributed by atoms with Crippen LogP contribution >= 0.6 is 0 Å². The van der Waals surface area contributed by atoms with Crippen molar-refractivity contribution in [1.82, 2.24) is 10.6 Å². The normalized spacial score (nSPS) is 10.9. The molecule has 0 aliphatic heterocycles. The van der Waals surface area contributed by atoms with Crippen LogP contribution in [0.15, 0.2) is 46.0 Å². The maximum atomic E-state index is 8.95. The first-order chi connectivity index (χ1) is 8.33. The lowest BCUT2D eigenvalue weighted by atomic mass is 10.2. The van der Waals surface area contributed by atoms with E-state index in [0.717, 1.165) is 0 Å². The number of nitriles is 1. The average molecular weight is 228 g/mol. The number of hydroxylamine groups is 1.